The van der Waals surface area contributed by atoms with E-state index in [4.69, 9.17) is 9.47 Å². The Morgan fingerprint density at radius 3 is 2.44 bits per heavy atom. The maximum absolute atomic E-state index is 11.6. The van der Waals surface area contributed by atoms with E-state index in [-0.39, 0.29) is 25.0 Å². The Hall–Kier alpha value is -2.57. The van der Waals surface area contributed by atoms with Gasteiger partial charge in [0.1, 0.15) is 18.0 Å². The lowest BCUT2D eigenvalue weighted by atomic mass is 9.86. The molecule has 2 aromatic carbocycles. The minimum atomic E-state index is -1.28. The topological polar surface area (TPSA) is 177 Å². The number of carboxylic acids is 1. The summed E-state index contributed by atoms with van der Waals surface area (Å²) >= 11 is 0. The lowest BCUT2D eigenvalue weighted by Gasteiger charge is -2.37. The Bertz CT molecular complexity index is 1210. The molecule has 0 radical (unpaired) electrons. The molecular formula is C29H38O10. The van der Waals surface area contributed by atoms with Crippen LogP contribution in [0.5, 0.6) is 5.75 Å². The van der Waals surface area contributed by atoms with Gasteiger partial charge in [0.2, 0.25) is 0 Å². The second-order valence-electron chi connectivity index (χ2n) is 10.9. The van der Waals surface area contributed by atoms with Crippen LogP contribution in [0.3, 0.4) is 0 Å². The summed E-state index contributed by atoms with van der Waals surface area (Å²) in [6, 6.07) is 6.85. The van der Waals surface area contributed by atoms with Crippen LogP contribution in [0.1, 0.15) is 61.8 Å². The highest BCUT2D eigenvalue weighted by atomic mass is 16.5. The third-order valence-electron chi connectivity index (χ3n) is 7.97. The van der Waals surface area contributed by atoms with Gasteiger partial charge < -0.3 is 45.2 Å². The largest absolute Gasteiger partial charge is 0.507 e. The van der Waals surface area contributed by atoms with E-state index in [1.807, 2.05) is 0 Å². The second-order valence-corrected chi connectivity index (χ2v) is 10.9. The van der Waals surface area contributed by atoms with Gasteiger partial charge in [0.15, 0.2) is 0 Å². The van der Waals surface area contributed by atoms with Crippen molar-refractivity contribution in [3.63, 3.8) is 0 Å². The molecule has 39 heavy (non-hydrogen) atoms. The minimum absolute atomic E-state index is 0.0275. The Morgan fingerprint density at radius 2 is 1.77 bits per heavy atom. The van der Waals surface area contributed by atoms with Crippen molar-refractivity contribution < 1.29 is 50.0 Å². The van der Waals surface area contributed by atoms with Crippen molar-refractivity contribution in [1.82, 2.24) is 0 Å². The van der Waals surface area contributed by atoms with Crippen molar-refractivity contribution in [3.05, 3.63) is 53.1 Å². The first-order chi connectivity index (χ1) is 18.4. The number of ether oxygens (including phenoxy) is 2. The van der Waals surface area contributed by atoms with Crippen LogP contribution in [0.25, 0.3) is 10.8 Å². The number of rotatable bonds is 8. The summed E-state index contributed by atoms with van der Waals surface area (Å²) in [4.78, 5) is 11.6. The summed E-state index contributed by atoms with van der Waals surface area (Å²) < 4.78 is 11.7. The zero-order chi connectivity index (χ0) is 28.6. The Kier molecular flexibility index (Phi) is 8.97. The van der Waals surface area contributed by atoms with Crippen LogP contribution in [0, 0.1) is 0 Å². The van der Waals surface area contributed by atoms with E-state index in [1.165, 1.54) is 0 Å². The minimum Gasteiger partial charge on any atom is -0.507 e. The highest BCUT2D eigenvalue weighted by Gasteiger charge is 2.39. The molecule has 0 amide bonds. The highest BCUT2D eigenvalue weighted by Crippen LogP contribution is 2.43. The standard InChI is InChI=1S/C29H38O10/c1-13(7-23-21(32)10-20(31)15(3)38-23)6-18-9-17-8-16(14(2)29(36)37)4-5-19(17)26(27(18)34)24-11-22(33)28(35)25(12-30)39-24/h4-5,8-9,14-15,20-25,28,30-35H,1,6-7,10-12H2,2-3H3,(H,36,37)/t14-,15-,20?,21?,22?,23?,24?,25?,28?/m0/s1. The van der Waals surface area contributed by atoms with Gasteiger partial charge in [0.05, 0.1) is 49.1 Å². The molecule has 10 nitrogen and oxygen atoms in total. The average Bonchev–Trinajstić information content (AvgIpc) is 2.88. The second kappa shape index (κ2) is 11.9. The maximum Gasteiger partial charge on any atom is 0.310 e. The fourth-order valence-electron chi connectivity index (χ4n) is 5.52. The fourth-order valence-corrected chi connectivity index (χ4v) is 5.52. The van der Waals surface area contributed by atoms with Crippen molar-refractivity contribution in [2.24, 2.45) is 0 Å². The molecule has 9 atom stereocenters. The number of hydrogen-bond donors (Lipinski definition) is 7. The van der Waals surface area contributed by atoms with Gasteiger partial charge in [-0.2, -0.15) is 0 Å². The van der Waals surface area contributed by atoms with E-state index in [1.54, 1.807) is 38.1 Å². The molecule has 2 fully saturated rings. The molecule has 10 heteroatoms. The van der Waals surface area contributed by atoms with Crippen molar-refractivity contribution in [2.75, 3.05) is 6.61 Å². The molecule has 2 aromatic rings. The first-order valence-corrected chi connectivity index (χ1v) is 13.2. The summed E-state index contributed by atoms with van der Waals surface area (Å²) in [5.41, 5.74) is 2.06. The number of fused-ring (bicyclic) bond motifs is 1. The number of hydrogen-bond acceptors (Lipinski definition) is 9. The van der Waals surface area contributed by atoms with Gasteiger partial charge in [-0.05, 0) is 54.7 Å². The molecule has 214 valence electrons. The zero-order valence-electron chi connectivity index (χ0n) is 22.1. The molecule has 0 spiro atoms. The molecular weight excluding hydrogens is 508 g/mol. The zero-order valence-corrected chi connectivity index (χ0v) is 22.1. The molecule has 0 aromatic heterocycles. The number of aromatic hydroxyl groups is 1. The first kappa shape index (κ1) is 29.4. The van der Waals surface area contributed by atoms with Crippen LogP contribution in [0.2, 0.25) is 0 Å². The van der Waals surface area contributed by atoms with Gasteiger partial charge in [-0.25, -0.2) is 0 Å². The number of aliphatic carboxylic acids is 1. The van der Waals surface area contributed by atoms with Crippen LogP contribution in [0.4, 0.5) is 0 Å². The van der Waals surface area contributed by atoms with Gasteiger partial charge in [0, 0.05) is 18.4 Å². The molecule has 0 bridgehead atoms. The lowest BCUT2D eigenvalue weighted by Crippen LogP contribution is -2.47. The predicted octanol–water partition coefficient (Wildman–Crippen LogP) is 1.67. The molecule has 7 unspecified atom stereocenters. The Morgan fingerprint density at radius 1 is 1.05 bits per heavy atom. The van der Waals surface area contributed by atoms with E-state index in [9.17, 15) is 40.5 Å². The third kappa shape index (κ3) is 6.12. The number of carbonyl (C=O) groups is 1. The Balaban J connectivity index is 1.72. The van der Waals surface area contributed by atoms with Gasteiger partial charge >= 0.3 is 5.97 Å². The van der Waals surface area contributed by atoms with Gasteiger partial charge in [0.25, 0.3) is 0 Å². The maximum atomic E-state index is 11.6. The lowest BCUT2D eigenvalue weighted by molar-refractivity contribution is -0.181. The average molecular weight is 547 g/mol. The van der Waals surface area contributed by atoms with E-state index in [0.29, 0.717) is 39.5 Å². The summed E-state index contributed by atoms with van der Waals surface area (Å²) in [6.07, 6.45) is -6.36. The van der Waals surface area contributed by atoms with Crippen LogP contribution in [-0.2, 0) is 20.7 Å². The predicted molar refractivity (Wildman–Crippen MR) is 141 cm³/mol. The fraction of sp³-hybridized carbons (Fsp3) is 0.552. The van der Waals surface area contributed by atoms with E-state index >= 15 is 0 Å². The molecule has 0 aliphatic carbocycles. The van der Waals surface area contributed by atoms with Crippen molar-refractivity contribution in [1.29, 1.82) is 0 Å². The molecule has 2 heterocycles. The third-order valence-corrected chi connectivity index (χ3v) is 7.97. The number of aliphatic hydroxyl groups is 5. The summed E-state index contributed by atoms with van der Waals surface area (Å²) in [7, 11) is 0. The molecule has 2 aliphatic heterocycles. The van der Waals surface area contributed by atoms with E-state index < -0.39 is 67.3 Å². The molecule has 7 N–H and O–H groups in total. The number of phenolic OH excluding ortho intramolecular Hbond substituents is 1. The number of benzene rings is 2. The first-order valence-electron chi connectivity index (χ1n) is 13.2. The smallest absolute Gasteiger partial charge is 0.310 e. The molecule has 2 aliphatic rings. The van der Waals surface area contributed by atoms with E-state index in [2.05, 4.69) is 6.58 Å². The van der Waals surface area contributed by atoms with Gasteiger partial charge in [-0.15, -0.1) is 0 Å². The molecule has 0 saturated carbocycles. The Labute approximate surface area is 226 Å². The van der Waals surface area contributed by atoms with Gasteiger partial charge in [-0.1, -0.05) is 30.4 Å². The summed E-state index contributed by atoms with van der Waals surface area (Å²) in [5, 5.41) is 72.9. The van der Waals surface area contributed by atoms with Crippen molar-refractivity contribution in [3.8, 4) is 5.75 Å². The normalized spacial score (nSPS) is 32.2. The van der Waals surface area contributed by atoms with Crippen LogP contribution in [-0.4, -0.2) is 91.0 Å². The van der Waals surface area contributed by atoms with E-state index in [0.717, 1.165) is 0 Å². The number of carboxylic acid groups (broad SMARTS) is 1. The van der Waals surface area contributed by atoms with Crippen LogP contribution < -0.4 is 0 Å². The number of phenols is 1. The highest BCUT2D eigenvalue weighted by molar-refractivity contribution is 5.91. The quantitative estimate of drug-likeness (QED) is 0.241. The summed E-state index contributed by atoms with van der Waals surface area (Å²) in [5.74, 6) is -1.85. The molecule has 4 rings (SSSR count). The van der Waals surface area contributed by atoms with Crippen molar-refractivity contribution in [2.45, 2.75) is 94.3 Å². The molecule has 2 saturated heterocycles. The van der Waals surface area contributed by atoms with Crippen molar-refractivity contribution >= 4 is 16.7 Å². The SMILES string of the molecule is C=C(Cc1cc2cc([C@H](C)C(=O)O)ccc2c(C2CC(O)C(O)C(CO)O2)c1O)CC1O[C@@H](C)C(O)CC1O. The monoisotopic (exact) mass is 546 g/mol. The number of aliphatic hydroxyl groups excluding tert-OH is 5. The van der Waals surface area contributed by atoms with Crippen LogP contribution in [0.15, 0.2) is 36.4 Å². The van der Waals surface area contributed by atoms with Crippen LogP contribution >= 0.6 is 0 Å². The summed E-state index contributed by atoms with van der Waals surface area (Å²) in [6.45, 7) is 6.91. The van der Waals surface area contributed by atoms with Gasteiger partial charge in [-0.3, -0.25) is 4.79 Å².